The van der Waals surface area contributed by atoms with Crippen LogP contribution in [0.2, 0.25) is 0 Å². The molecule has 0 aromatic heterocycles. The highest BCUT2D eigenvalue weighted by atomic mass is 16.4. The van der Waals surface area contributed by atoms with Crippen LogP contribution in [0.3, 0.4) is 0 Å². The average Bonchev–Trinajstić information content (AvgIpc) is 3.66. The summed E-state index contributed by atoms with van der Waals surface area (Å²) in [7, 11) is 0. The molecule has 3 atom stereocenters. The fourth-order valence-corrected chi connectivity index (χ4v) is 5.62. The molecule has 2 fully saturated rings. The Labute approximate surface area is 195 Å². The molecule has 0 unspecified atom stereocenters. The van der Waals surface area contributed by atoms with E-state index in [-0.39, 0.29) is 23.9 Å². The van der Waals surface area contributed by atoms with Crippen LogP contribution in [0, 0.1) is 11.8 Å². The van der Waals surface area contributed by atoms with E-state index in [1.54, 1.807) is 6.92 Å². The molecule has 174 valence electrons. The first kappa shape index (κ1) is 21.6. The first-order valence-electron chi connectivity index (χ1n) is 11.9. The molecule has 0 radical (unpaired) electrons. The van der Waals surface area contributed by atoms with Gasteiger partial charge in [0.2, 0.25) is 5.91 Å². The third kappa shape index (κ3) is 4.12. The maximum absolute atomic E-state index is 12.8. The first-order valence-corrected chi connectivity index (χ1v) is 11.9. The summed E-state index contributed by atoms with van der Waals surface area (Å²) in [4.78, 5) is 29.9. The average molecular weight is 449 g/mol. The molecular formula is C26H32N4O3. The Kier molecular flexibility index (Phi) is 5.64. The van der Waals surface area contributed by atoms with Crippen LogP contribution in [0.25, 0.3) is 0 Å². The lowest BCUT2D eigenvalue weighted by Gasteiger charge is -2.46. The summed E-state index contributed by atoms with van der Waals surface area (Å²) in [5, 5.41) is 13.0. The van der Waals surface area contributed by atoms with Crippen LogP contribution in [0.5, 0.6) is 0 Å². The van der Waals surface area contributed by atoms with Crippen LogP contribution in [0.4, 0.5) is 21.9 Å². The second kappa shape index (κ2) is 8.61. The van der Waals surface area contributed by atoms with Crippen molar-refractivity contribution in [3.05, 3.63) is 54.1 Å². The number of amides is 2. The molecule has 2 heterocycles. The Morgan fingerprint density at radius 2 is 1.70 bits per heavy atom. The van der Waals surface area contributed by atoms with E-state index in [0.29, 0.717) is 32.1 Å². The summed E-state index contributed by atoms with van der Waals surface area (Å²) in [5.41, 5.74) is 4.29. The number of benzene rings is 2. The number of carbonyl (C=O) groups is 2. The van der Waals surface area contributed by atoms with Gasteiger partial charge >= 0.3 is 6.09 Å². The molecule has 1 saturated carbocycles. The number of carbonyl (C=O) groups excluding carboxylic acids is 1. The number of nitrogens with zero attached hydrogens (tertiary/aromatic N) is 3. The predicted molar refractivity (Wildman–Crippen MR) is 130 cm³/mol. The van der Waals surface area contributed by atoms with Crippen LogP contribution in [0.1, 0.15) is 38.3 Å². The van der Waals surface area contributed by atoms with Crippen molar-refractivity contribution < 1.29 is 14.7 Å². The zero-order chi connectivity index (χ0) is 23.1. The van der Waals surface area contributed by atoms with Crippen LogP contribution in [-0.2, 0) is 4.79 Å². The fourth-order valence-electron chi connectivity index (χ4n) is 5.62. The summed E-state index contributed by atoms with van der Waals surface area (Å²) < 4.78 is 0. The van der Waals surface area contributed by atoms with Gasteiger partial charge in [0.05, 0.1) is 6.04 Å². The number of nitrogens with one attached hydrogen (secondary N) is 1. The maximum Gasteiger partial charge on any atom is 0.407 e. The molecule has 0 bridgehead atoms. The first-order chi connectivity index (χ1) is 15.9. The highest BCUT2D eigenvalue weighted by molar-refractivity contribution is 5.94. The number of rotatable bonds is 4. The molecule has 2 aromatic carbocycles. The zero-order valence-corrected chi connectivity index (χ0v) is 19.3. The van der Waals surface area contributed by atoms with E-state index in [4.69, 9.17) is 0 Å². The number of hydrogen-bond acceptors (Lipinski definition) is 4. The standard InChI is InChI=1S/C26H32N4O3/c1-17-24(27-20-6-4-3-5-7-20)22-16-21(28-12-14-29(15-13-28)26(32)33)10-11-23(22)30(18(2)31)25(17)19-8-9-19/h3-7,10-11,16-17,19,24-25,27H,8-9,12-15H2,1-2H3,(H,32,33)/t17-,24-,25-/m1/s1. The third-order valence-corrected chi connectivity index (χ3v) is 7.42. The van der Waals surface area contributed by atoms with Crippen molar-refractivity contribution in [1.82, 2.24) is 4.90 Å². The SMILES string of the molecule is CC(=O)N1c2ccc(N3CCN(C(=O)O)CC3)cc2[C@H](Nc2ccccc2)[C@@H](C)[C@@H]1C1CC1. The molecule has 7 heteroatoms. The van der Waals surface area contributed by atoms with Crippen LogP contribution in [-0.4, -0.2) is 54.2 Å². The molecule has 0 spiro atoms. The van der Waals surface area contributed by atoms with Crippen molar-refractivity contribution in [1.29, 1.82) is 0 Å². The van der Waals surface area contributed by atoms with E-state index in [0.717, 1.165) is 22.6 Å². The van der Waals surface area contributed by atoms with Gasteiger partial charge in [-0.1, -0.05) is 25.1 Å². The molecule has 1 saturated heterocycles. The van der Waals surface area contributed by atoms with E-state index in [2.05, 4.69) is 47.5 Å². The van der Waals surface area contributed by atoms with E-state index in [1.165, 1.54) is 17.7 Å². The molecule has 7 nitrogen and oxygen atoms in total. The van der Waals surface area contributed by atoms with Crippen molar-refractivity contribution in [3.8, 4) is 0 Å². The quantitative estimate of drug-likeness (QED) is 0.724. The molecular weight excluding hydrogens is 416 g/mol. The summed E-state index contributed by atoms with van der Waals surface area (Å²) in [6.07, 6.45) is 1.50. The van der Waals surface area contributed by atoms with Gasteiger partial charge < -0.3 is 25.1 Å². The van der Waals surface area contributed by atoms with Crippen molar-refractivity contribution in [2.45, 2.75) is 38.8 Å². The number of piperazine rings is 1. The van der Waals surface area contributed by atoms with Gasteiger partial charge in [-0.25, -0.2) is 4.79 Å². The van der Waals surface area contributed by atoms with Crippen LogP contribution in [0.15, 0.2) is 48.5 Å². The summed E-state index contributed by atoms with van der Waals surface area (Å²) >= 11 is 0. The molecule has 2 amide bonds. The van der Waals surface area contributed by atoms with Crippen molar-refractivity contribution in [2.24, 2.45) is 11.8 Å². The van der Waals surface area contributed by atoms with Crippen LogP contribution >= 0.6 is 0 Å². The highest BCUT2D eigenvalue weighted by Gasteiger charge is 2.47. The summed E-state index contributed by atoms with van der Waals surface area (Å²) in [6, 6.07) is 16.9. The molecule has 2 aromatic rings. The fraction of sp³-hybridized carbons (Fsp3) is 0.462. The minimum Gasteiger partial charge on any atom is -0.465 e. The third-order valence-electron chi connectivity index (χ3n) is 7.42. The van der Waals surface area contributed by atoms with Gasteiger partial charge in [0.25, 0.3) is 0 Å². The second-order valence-electron chi connectivity index (χ2n) is 9.56. The van der Waals surface area contributed by atoms with Gasteiger partial charge in [0.15, 0.2) is 0 Å². The Morgan fingerprint density at radius 1 is 1.00 bits per heavy atom. The molecule has 2 aliphatic heterocycles. The number of hydrogen-bond donors (Lipinski definition) is 2. The minimum absolute atomic E-state index is 0.0869. The number of carboxylic acid groups (broad SMARTS) is 1. The van der Waals surface area contributed by atoms with Crippen molar-refractivity contribution in [3.63, 3.8) is 0 Å². The maximum atomic E-state index is 12.8. The monoisotopic (exact) mass is 448 g/mol. The van der Waals surface area contributed by atoms with Crippen molar-refractivity contribution >= 4 is 29.1 Å². The Bertz CT molecular complexity index is 1030. The lowest BCUT2D eigenvalue weighted by molar-refractivity contribution is -0.117. The van der Waals surface area contributed by atoms with E-state index < -0.39 is 6.09 Å². The van der Waals surface area contributed by atoms with Gasteiger partial charge in [-0.15, -0.1) is 0 Å². The zero-order valence-electron chi connectivity index (χ0n) is 19.3. The van der Waals surface area contributed by atoms with E-state index in [9.17, 15) is 14.7 Å². The van der Waals surface area contributed by atoms with Crippen molar-refractivity contribution in [2.75, 3.05) is 41.3 Å². The Hall–Kier alpha value is -3.22. The highest BCUT2D eigenvalue weighted by Crippen LogP contribution is 2.50. The summed E-state index contributed by atoms with van der Waals surface area (Å²) in [5.74, 6) is 0.912. The van der Waals surface area contributed by atoms with Crippen LogP contribution < -0.4 is 15.1 Å². The lowest BCUT2D eigenvalue weighted by Crippen LogP contribution is -2.51. The molecule has 5 rings (SSSR count). The topological polar surface area (TPSA) is 76.1 Å². The molecule has 3 aliphatic rings. The van der Waals surface area contributed by atoms with Gasteiger partial charge in [0.1, 0.15) is 0 Å². The molecule has 2 N–H and O–H groups in total. The molecule has 33 heavy (non-hydrogen) atoms. The van der Waals surface area contributed by atoms with Gasteiger partial charge in [-0.05, 0) is 49.1 Å². The number of para-hydroxylation sites is 1. The Morgan fingerprint density at radius 3 is 2.30 bits per heavy atom. The smallest absolute Gasteiger partial charge is 0.407 e. The predicted octanol–water partition coefficient (Wildman–Crippen LogP) is 4.42. The normalized spacial score (nSPS) is 24.9. The van der Waals surface area contributed by atoms with E-state index >= 15 is 0 Å². The minimum atomic E-state index is -0.857. The van der Waals surface area contributed by atoms with Gasteiger partial charge in [0, 0.05) is 67.7 Å². The number of anilines is 3. The number of fused-ring (bicyclic) bond motifs is 1. The largest absolute Gasteiger partial charge is 0.465 e. The van der Waals surface area contributed by atoms with Gasteiger partial charge in [-0.3, -0.25) is 4.79 Å². The van der Waals surface area contributed by atoms with E-state index in [1.807, 2.05) is 23.1 Å². The van der Waals surface area contributed by atoms with Gasteiger partial charge in [-0.2, -0.15) is 0 Å². The summed E-state index contributed by atoms with van der Waals surface area (Å²) in [6.45, 7) is 6.27. The molecule has 1 aliphatic carbocycles. The Balaban J connectivity index is 1.52. The lowest BCUT2D eigenvalue weighted by atomic mass is 9.79. The second-order valence-corrected chi connectivity index (χ2v) is 9.56.